The molecule has 1 saturated carbocycles. The molecule has 0 aliphatic heterocycles. The number of rotatable bonds is 6. The van der Waals surface area contributed by atoms with Gasteiger partial charge in [-0.3, -0.25) is 0 Å². The molecule has 0 aromatic heterocycles. The average molecular weight is 363 g/mol. The lowest BCUT2D eigenvalue weighted by atomic mass is 9.87. The van der Waals surface area contributed by atoms with Gasteiger partial charge in [0, 0.05) is 0 Å². The Morgan fingerprint density at radius 3 is 2.15 bits per heavy atom. The Morgan fingerprint density at radius 1 is 0.889 bits per heavy atom. The number of esters is 1. The highest BCUT2D eigenvalue weighted by Crippen LogP contribution is 2.27. The lowest BCUT2D eigenvalue weighted by Crippen LogP contribution is -2.20. The van der Waals surface area contributed by atoms with Gasteiger partial charge >= 0.3 is 5.97 Å². The molecule has 3 rings (SSSR count). The molecule has 0 bridgehead atoms. The molecule has 0 amide bonds. The van der Waals surface area contributed by atoms with Crippen molar-refractivity contribution in [1.29, 1.82) is 0 Å². The van der Waals surface area contributed by atoms with Crippen molar-refractivity contribution >= 4 is 12.0 Å². The van der Waals surface area contributed by atoms with Gasteiger partial charge in [-0.2, -0.15) is 0 Å². The van der Waals surface area contributed by atoms with Crippen LogP contribution in [0.5, 0.6) is 0 Å². The van der Waals surface area contributed by atoms with Crippen molar-refractivity contribution < 1.29 is 9.53 Å². The fraction of sp³-hybridized carbons (Fsp3) is 0.400. The molecular formula is C25H30O2. The van der Waals surface area contributed by atoms with Crippen LogP contribution in [0.2, 0.25) is 0 Å². The van der Waals surface area contributed by atoms with Crippen LogP contribution < -0.4 is 0 Å². The second-order valence-corrected chi connectivity index (χ2v) is 7.53. The van der Waals surface area contributed by atoms with Gasteiger partial charge in [-0.05, 0) is 36.1 Å². The summed E-state index contributed by atoms with van der Waals surface area (Å²) in [6.07, 6.45) is 14.0. The molecule has 0 radical (unpaired) electrons. The largest absolute Gasteiger partial charge is 0.455 e. The molecule has 0 heterocycles. The summed E-state index contributed by atoms with van der Waals surface area (Å²) in [4.78, 5) is 12.6. The Kier molecular flexibility index (Phi) is 7.70. The zero-order valence-corrected chi connectivity index (χ0v) is 16.1. The Labute approximate surface area is 163 Å². The van der Waals surface area contributed by atoms with Crippen molar-refractivity contribution in [2.45, 2.75) is 57.5 Å². The fourth-order valence-corrected chi connectivity index (χ4v) is 3.83. The van der Waals surface area contributed by atoms with Crippen molar-refractivity contribution in [3.63, 3.8) is 0 Å². The zero-order valence-electron chi connectivity index (χ0n) is 16.1. The van der Waals surface area contributed by atoms with Crippen LogP contribution in [0, 0.1) is 5.92 Å². The minimum Gasteiger partial charge on any atom is -0.455 e. The predicted octanol–water partition coefficient (Wildman–Crippen LogP) is 6.68. The third-order valence-electron chi connectivity index (χ3n) is 5.36. The van der Waals surface area contributed by atoms with Crippen LogP contribution in [0.25, 0.3) is 6.08 Å². The van der Waals surface area contributed by atoms with Crippen molar-refractivity contribution in [2.24, 2.45) is 5.92 Å². The predicted molar refractivity (Wildman–Crippen MR) is 112 cm³/mol. The van der Waals surface area contributed by atoms with Crippen LogP contribution in [-0.4, -0.2) is 12.1 Å². The van der Waals surface area contributed by atoms with E-state index in [1.54, 1.807) is 0 Å². The lowest BCUT2D eigenvalue weighted by molar-refractivity contribution is 0.0343. The second-order valence-electron chi connectivity index (χ2n) is 7.53. The van der Waals surface area contributed by atoms with Gasteiger partial charge in [0.05, 0.1) is 5.56 Å². The molecule has 0 spiro atoms. The highest BCUT2D eigenvalue weighted by Gasteiger charge is 2.20. The zero-order chi connectivity index (χ0) is 18.7. The van der Waals surface area contributed by atoms with Crippen LogP contribution in [-0.2, 0) is 4.74 Å². The van der Waals surface area contributed by atoms with Gasteiger partial charge in [0.15, 0.2) is 0 Å². The van der Waals surface area contributed by atoms with Gasteiger partial charge in [0.1, 0.15) is 6.10 Å². The van der Waals surface area contributed by atoms with E-state index in [4.69, 9.17) is 4.74 Å². The van der Waals surface area contributed by atoms with E-state index >= 15 is 0 Å². The van der Waals surface area contributed by atoms with Crippen molar-refractivity contribution in [1.82, 2.24) is 0 Å². The molecule has 0 saturated heterocycles. The molecule has 0 N–H and O–H groups in total. The monoisotopic (exact) mass is 362 g/mol. The molecule has 2 nitrogen and oxygen atoms in total. The van der Waals surface area contributed by atoms with E-state index in [2.05, 4.69) is 24.3 Å². The van der Waals surface area contributed by atoms with Gasteiger partial charge in [-0.1, -0.05) is 99.6 Å². The maximum absolute atomic E-state index is 12.6. The molecule has 2 heteroatoms. The Hall–Kier alpha value is -2.35. The first-order valence-corrected chi connectivity index (χ1v) is 10.3. The van der Waals surface area contributed by atoms with Crippen molar-refractivity contribution in [3.05, 3.63) is 77.9 Å². The first kappa shape index (κ1) is 19.4. The molecule has 1 aliphatic carbocycles. The molecule has 1 fully saturated rings. The van der Waals surface area contributed by atoms with E-state index < -0.39 is 0 Å². The summed E-state index contributed by atoms with van der Waals surface area (Å²) in [5.74, 6) is 0.406. The van der Waals surface area contributed by atoms with E-state index in [9.17, 15) is 4.79 Å². The highest BCUT2D eigenvalue weighted by molar-refractivity contribution is 5.89. The smallest absolute Gasteiger partial charge is 0.338 e. The fourth-order valence-electron chi connectivity index (χ4n) is 3.83. The minimum atomic E-state index is -0.232. The summed E-state index contributed by atoms with van der Waals surface area (Å²) >= 11 is 0. The first-order chi connectivity index (χ1) is 13.3. The van der Waals surface area contributed by atoms with Gasteiger partial charge in [0.25, 0.3) is 0 Å². The molecule has 142 valence electrons. The normalized spacial score (nSPS) is 17.2. The van der Waals surface area contributed by atoms with Crippen LogP contribution in [0.4, 0.5) is 0 Å². The topological polar surface area (TPSA) is 26.3 Å². The van der Waals surface area contributed by atoms with Crippen LogP contribution in [0.1, 0.15) is 67.3 Å². The molecule has 0 unspecified atom stereocenters. The van der Waals surface area contributed by atoms with E-state index in [1.807, 2.05) is 48.5 Å². The van der Waals surface area contributed by atoms with Gasteiger partial charge in [-0.15, -0.1) is 0 Å². The number of hydrogen-bond acceptors (Lipinski definition) is 2. The van der Waals surface area contributed by atoms with Crippen LogP contribution in [0.3, 0.4) is 0 Å². The van der Waals surface area contributed by atoms with Gasteiger partial charge < -0.3 is 4.74 Å². The summed E-state index contributed by atoms with van der Waals surface area (Å²) in [5.41, 5.74) is 1.75. The Morgan fingerprint density at radius 2 is 1.48 bits per heavy atom. The SMILES string of the molecule is O=C(O[C@@H](/C=C/c1ccccc1)CC1CCCCCCC1)c1ccccc1. The quantitative estimate of drug-likeness (QED) is 0.536. The molecular weight excluding hydrogens is 332 g/mol. The van der Waals surface area contributed by atoms with E-state index in [1.165, 1.54) is 44.9 Å². The molecule has 2 aromatic rings. The first-order valence-electron chi connectivity index (χ1n) is 10.3. The Bertz CT molecular complexity index is 698. The summed E-state index contributed by atoms with van der Waals surface area (Å²) in [5, 5.41) is 0. The molecule has 1 aliphatic rings. The number of hydrogen-bond donors (Lipinski definition) is 0. The van der Waals surface area contributed by atoms with E-state index in [0.29, 0.717) is 11.5 Å². The summed E-state index contributed by atoms with van der Waals surface area (Å²) in [6.45, 7) is 0. The number of ether oxygens (including phenoxy) is 1. The lowest BCUT2D eigenvalue weighted by Gasteiger charge is -2.23. The summed E-state index contributed by atoms with van der Waals surface area (Å²) in [6, 6.07) is 19.5. The number of carbonyl (C=O) groups excluding carboxylic acids is 1. The standard InChI is InChI=1S/C25H30O2/c26-25(23-16-10-5-11-17-23)27-24(19-18-21-12-8-4-9-13-21)20-22-14-6-2-1-3-7-15-22/h4-5,8-13,16-19,22,24H,1-3,6-7,14-15,20H2/b19-18+/t24-/m0/s1. The Balaban J connectivity index is 1.69. The average Bonchev–Trinajstić information content (AvgIpc) is 2.69. The molecule has 2 aromatic carbocycles. The van der Waals surface area contributed by atoms with E-state index in [0.717, 1.165) is 12.0 Å². The van der Waals surface area contributed by atoms with Crippen LogP contribution in [0.15, 0.2) is 66.7 Å². The van der Waals surface area contributed by atoms with Crippen LogP contribution >= 0.6 is 0 Å². The van der Waals surface area contributed by atoms with Gasteiger partial charge in [0.2, 0.25) is 0 Å². The maximum Gasteiger partial charge on any atom is 0.338 e. The second kappa shape index (κ2) is 10.7. The van der Waals surface area contributed by atoms with Crippen molar-refractivity contribution in [3.8, 4) is 0 Å². The molecule has 1 atom stereocenters. The highest BCUT2D eigenvalue weighted by atomic mass is 16.5. The van der Waals surface area contributed by atoms with Gasteiger partial charge in [-0.25, -0.2) is 4.79 Å². The maximum atomic E-state index is 12.6. The number of benzene rings is 2. The summed E-state index contributed by atoms with van der Waals surface area (Å²) < 4.78 is 5.91. The third kappa shape index (κ3) is 6.71. The van der Waals surface area contributed by atoms with Crippen molar-refractivity contribution in [2.75, 3.05) is 0 Å². The minimum absolute atomic E-state index is 0.178. The number of carbonyl (C=O) groups is 1. The van der Waals surface area contributed by atoms with E-state index in [-0.39, 0.29) is 12.1 Å². The summed E-state index contributed by atoms with van der Waals surface area (Å²) in [7, 11) is 0. The third-order valence-corrected chi connectivity index (χ3v) is 5.36. The molecule has 27 heavy (non-hydrogen) atoms.